The molecule has 13 N–H and O–H groups in total. The second-order valence-corrected chi connectivity index (χ2v) is 23.0. The number of ether oxygens (including phenoxy) is 1. The predicted octanol–water partition coefficient (Wildman–Crippen LogP) is -1.75. The summed E-state index contributed by atoms with van der Waals surface area (Å²) in [5, 5.41) is 41.9. The monoisotopic (exact) mass is 1190 g/mol. The van der Waals surface area contributed by atoms with Crippen molar-refractivity contribution in [3.63, 3.8) is 0 Å². The summed E-state index contributed by atoms with van der Waals surface area (Å²) < 4.78 is 6.23. The molecule has 10 amide bonds. The number of carboxylic acids is 1. The van der Waals surface area contributed by atoms with E-state index < -0.39 is 138 Å². The average molecular weight is 1190 g/mol. The number of hydrogen-bond donors (Lipinski definition) is 11. The Labute approximate surface area is 484 Å². The quantitative estimate of drug-likeness (QED) is 0.122. The number of amides is 10. The SMILES string of the molecule is CC(C)[C@@H]1NC(=O)[C@H](CC(=O)O)NC(=O)[C@H](C)NC(=O)[C@@H]2CCCN2C(=O)[C@@H]2CSCc3cc(cc(c3)OCCCCCCO/N=C/C(=O)N[C@@H](CCCCN)C(=O)N2)CSC[C@@H](C(N)=O)NC(=O)[C@H](CO)NC(=O)[C@@H]2CCCN2C1=O. The number of aliphatic carboxylic acids is 1. The molecule has 0 aliphatic carbocycles. The summed E-state index contributed by atoms with van der Waals surface area (Å²) in [6.45, 7) is 4.63. The van der Waals surface area contributed by atoms with E-state index in [1.165, 1.54) is 40.2 Å². The molecule has 27 nitrogen and oxygen atoms in total. The van der Waals surface area contributed by atoms with Gasteiger partial charge < -0.3 is 78.3 Å². The van der Waals surface area contributed by atoms with Crippen LogP contribution in [0.25, 0.3) is 0 Å². The van der Waals surface area contributed by atoms with Crippen molar-refractivity contribution in [1.82, 2.24) is 47.0 Å². The summed E-state index contributed by atoms with van der Waals surface area (Å²) in [6.07, 6.45) is 5.01. The van der Waals surface area contributed by atoms with E-state index in [2.05, 4.69) is 42.4 Å². The Kier molecular flexibility index (Phi) is 26.9. The van der Waals surface area contributed by atoms with E-state index in [9.17, 15) is 63.0 Å². The van der Waals surface area contributed by atoms with Gasteiger partial charge >= 0.3 is 5.97 Å². The van der Waals surface area contributed by atoms with E-state index in [-0.39, 0.29) is 62.0 Å². The maximum atomic E-state index is 14.8. The van der Waals surface area contributed by atoms with Crippen molar-refractivity contribution in [2.45, 2.75) is 164 Å². The smallest absolute Gasteiger partial charge is 0.305 e. The lowest BCUT2D eigenvalue weighted by Crippen LogP contribution is -2.61. The first-order valence-corrected chi connectivity index (χ1v) is 30.1. The van der Waals surface area contributed by atoms with Crippen molar-refractivity contribution in [1.29, 1.82) is 0 Å². The number of rotatable bonds is 9. The number of thioether (sulfide) groups is 2. The van der Waals surface area contributed by atoms with Gasteiger partial charge in [-0.2, -0.15) is 23.5 Å². The van der Waals surface area contributed by atoms with Crippen molar-refractivity contribution in [2.75, 3.05) is 51.0 Å². The zero-order chi connectivity index (χ0) is 59.9. The largest absolute Gasteiger partial charge is 0.494 e. The predicted molar refractivity (Wildman–Crippen MR) is 302 cm³/mol. The summed E-state index contributed by atoms with van der Waals surface area (Å²) in [5.74, 6) is -9.32. The molecule has 0 aromatic heterocycles. The van der Waals surface area contributed by atoms with Crippen LogP contribution in [-0.4, -0.2) is 197 Å². The van der Waals surface area contributed by atoms with Crippen LogP contribution >= 0.6 is 23.5 Å². The average Bonchev–Trinajstić information content (AvgIpc) is 4.21. The molecule has 4 aliphatic rings. The fourth-order valence-corrected chi connectivity index (χ4v) is 11.7. The van der Waals surface area contributed by atoms with Gasteiger partial charge in [0, 0.05) is 36.1 Å². The molecule has 1 aromatic rings. The van der Waals surface area contributed by atoms with Crippen LogP contribution in [0.2, 0.25) is 0 Å². The van der Waals surface area contributed by atoms with E-state index in [1.54, 1.807) is 13.8 Å². The van der Waals surface area contributed by atoms with Crippen LogP contribution in [0.1, 0.15) is 109 Å². The topological polar surface area (TPSA) is 402 Å². The second-order valence-electron chi connectivity index (χ2n) is 21.0. The molecule has 0 spiro atoms. The van der Waals surface area contributed by atoms with E-state index in [0.717, 1.165) is 30.2 Å². The fourth-order valence-electron chi connectivity index (χ4n) is 9.67. The maximum Gasteiger partial charge on any atom is 0.305 e. The number of unbranched alkanes of at least 4 members (excludes halogenated alkanes) is 1. The number of aliphatic hydroxyl groups is 1. The summed E-state index contributed by atoms with van der Waals surface area (Å²) in [6, 6.07) is -6.54. The zero-order valence-corrected chi connectivity index (χ0v) is 48.3. The first-order valence-electron chi connectivity index (χ1n) is 27.8. The lowest BCUT2D eigenvalue weighted by atomic mass is 10.0. The van der Waals surface area contributed by atoms with Crippen LogP contribution in [0, 0.1) is 5.92 Å². The van der Waals surface area contributed by atoms with Crippen molar-refractivity contribution >= 4 is 94.8 Å². The highest BCUT2D eigenvalue weighted by Gasteiger charge is 2.42. The van der Waals surface area contributed by atoms with Crippen LogP contribution in [0.3, 0.4) is 0 Å². The number of nitrogens with zero attached hydrogens (tertiary/aromatic N) is 3. The van der Waals surface area contributed by atoms with Gasteiger partial charge in [-0.1, -0.05) is 25.1 Å². The number of carbonyl (C=O) groups excluding carboxylic acids is 10. The van der Waals surface area contributed by atoms with Crippen molar-refractivity contribution in [3.05, 3.63) is 29.3 Å². The third-order valence-electron chi connectivity index (χ3n) is 14.1. The van der Waals surface area contributed by atoms with Crippen LogP contribution in [0.4, 0.5) is 0 Å². The Balaban J connectivity index is 1.52. The highest BCUT2D eigenvalue weighted by atomic mass is 32.2. The Morgan fingerprint density at radius 2 is 1.29 bits per heavy atom. The Morgan fingerprint density at radius 1 is 0.695 bits per heavy atom. The Hall–Kier alpha value is -6.72. The number of carboxylic acid groups (broad SMARTS) is 1. The van der Waals surface area contributed by atoms with Gasteiger partial charge in [-0.05, 0) is 113 Å². The van der Waals surface area contributed by atoms with Gasteiger partial charge in [-0.25, -0.2) is 0 Å². The molecule has 4 bridgehead atoms. The van der Waals surface area contributed by atoms with E-state index in [1.807, 2.05) is 18.2 Å². The summed E-state index contributed by atoms with van der Waals surface area (Å²) >= 11 is 2.54. The molecule has 2 fully saturated rings. The minimum absolute atomic E-state index is 0.0346. The van der Waals surface area contributed by atoms with Crippen LogP contribution < -0.4 is 53.4 Å². The third kappa shape index (κ3) is 20.3. The van der Waals surface area contributed by atoms with Gasteiger partial charge in [0.1, 0.15) is 72.9 Å². The molecule has 9 atom stereocenters. The highest BCUT2D eigenvalue weighted by molar-refractivity contribution is 7.98. The Morgan fingerprint density at radius 3 is 1.91 bits per heavy atom. The van der Waals surface area contributed by atoms with Crippen LogP contribution in [0.15, 0.2) is 23.4 Å². The molecule has 0 unspecified atom stereocenters. The normalized spacial score (nSPS) is 27.6. The first-order chi connectivity index (χ1) is 39.2. The van der Waals surface area contributed by atoms with Gasteiger partial charge in [-0.3, -0.25) is 52.7 Å². The molecular weight excluding hydrogens is 1110 g/mol. The van der Waals surface area contributed by atoms with E-state index in [0.29, 0.717) is 57.4 Å². The molecule has 2 saturated heterocycles. The van der Waals surface area contributed by atoms with Gasteiger partial charge in [-0.15, -0.1) is 0 Å². The lowest BCUT2D eigenvalue weighted by Gasteiger charge is -2.32. The first kappa shape index (κ1) is 66.1. The molecule has 4 aliphatic heterocycles. The highest BCUT2D eigenvalue weighted by Crippen LogP contribution is 2.27. The molecule has 82 heavy (non-hydrogen) atoms. The van der Waals surface area contributed by atoms with Crippen LogP contribution in [0.5, 0.6) is 5.75 Å². The number of hydrogen-bond acceptors (Lipinski definition) is 18. The van der Waals surface area contributed by atoms with Crippen molar-refractivity contribution in [3.8, 4) is 5.75 Å². The number of nitrogens with two attached hydrogens (primary N) is 2. The second kappa shape index (κ2) is 33.4. The molecule has 0 radical (unpaired) electrons. The number of fused-ring (bicyclic) bond motifs is 7. The molecule has 1 aromatic carbocycles. The summed E-state index contributed by atoms with van der Waals surface area (Å²) in [4.78, 5) is 158. The number of nitrogens with one attached hydrogen (secondary N) is 7. The fraction of sp³-hybridized carbons (Fsp3) is 0.660. The number of aliphatic hydroxyl groups excluding tert-OH is 1. The van der Waals surface area contributed by atoms with Crippen molar-refractivity contribution < 1.29 is 72.5 Å². The summed E-state index contributed by atoms with van der Waals surface area (Å²) in [5.41, 5.74) is 13.0. The number of benzene rings is 1. The minimum atomic E-state index is -1.77. The lowest BCUT2D eigenvalue weighted by molar-refractivity contribution is -0.144. The van der Waals surface area contributed by atoms with Gasteiger partial charge in [0.25, 0.3) is 5.91 Å². The van der Waals surface area contributed by atoms with Gasteiger partial charge in [0.2, 0.25) is 53.2 Å². The van der Waals surface area contributed by atoms with E-state index >= 15 is 0 Å². The van der Waals surface area contributed by atoms with Gasteiger partial charge in [0.15, 0.2) is 0 Å². The maximum absolute atomic E-state index is 14.8. The molecule has 5 rings (SSSR count). The molecule has 0 saturated carbocycles. The standard InChI is InChI=1S/C53H80N12O15S2/c1-30(2)44-53(78)65-17-11-14-41(65)51(76)60-37(25-66)49(74)61-38(45(55)70)28-81-26-32-20-33-22-34(21-32)79-18-8-4-5-9-19-80-56-24-42(67)58-35(12-6-7-15-54)47(72)62-39(29-82-27-33)52(77)64-16-10-13-40(64)50(75)57-31(3)46(71)59-36(23-43(68)69)48(73)63-44/h20-22,24,30-31,35-41,44,66H,4-19,23,25-29,54H2,1-3H3,(H2,55,70)(H,57,75)(H,58,67)(H,59,71)(H,60,76)(H,61,74)(H,62,72)(H,63,73)(H,68,69)/b56-24+/t31-,35-,36-,37-,38-,39-,40-,41-,44-/m0/s1. The minimum Gasteiger partial charge on any atom is -0.494 e. The number of oxime groups is 1. The number of primary amides is 1. The molecule has 29 heteroatoms. The molecular formula is C53H80N12O15S2. The van der Waals surface area contributed by atoms with Gasteiger partial charge in [0.05, 0.1) is 19.6 Å². The molecule has 4 heterocycles. The van der Waals surface area contributed by atoms with E-state index in [4.69, 9.17) is 21.0 Å². The third-order valence-corrected chi connectivity index (χ3v) is 16.3. The van der Waals surface area contributed by atoms with Crippen molar-refractivity contribution in [2.24, 2.45) is 22.5 Å². The zero-order valence-electron chi connectivity index (χ0n) is 46.7. The Bertz CT molecular complexity index is 2470. The molecule has 454 valence electrons. The van der Waals surface area contributed by atoms with Crippen LogP contribution in [-0.2, 0) is 69.1 Å². The summed E-state index contributed by atoms with van der Waals surface area (Å²) in [7, 11) is 0. The number of carbonyl (C=O) groups is 11.